The molecule has 0 spiro atoms. The average molecular weight is 340 g/mol. The van der Waals surface area contributed by atoms with E-state index in [4.69, 9.17) is 5.73 Å². The lowest BCUT2D eigenvalue weighted by Crippen LogP contribution is -2.41. The van der Waals surface area contributed by atoms with E-state index < -0.39 is 5.54 Å². The van der Waals surface area contributed by atoms with Gasteiger partial charge in [0.1, 0.15) is 5.01 Å². The molecule has 1 amide bonds. The normalized spacial score (nSPS) is 11.3. The summed E-state index contributed by atoms with van der Waals surface area (Å²) in [7, 11) is 0. The number of benzene rings is 1. The SMILES string of the molecule is CC(C)(NC(=O)c1ccc(Br)cc1N)c1nccs1. The fourth-order valence-corrected chi connectivity index (χ4v) is 2.77. The lowest BCUT2D eigenvalue weighted by Gasteiger charge is -2.24. The Labute approximate surface area is 124 Å². The van der Waals surface area contributed by atoms with E-state index >= 15 is 0 Å². The van der Waals surface area contributed by atoms with Crippen LogP contribution in [0, 0.1) is 0 Å². The van der Waals surface area contributed by atoms with Gasteiger partial charge >= 0.3 is 0 Å². The highest BCUT2D eigenvalue weighted by atomic mass is 79.9. The number of nitrogen functional groups attached to an aromatic ring is 1. The quantitative estimate of drug-likeness (QED) is 0.844. The Bertz CT molecular complexity index is 596. The van der Waals surface area contributed by atoms with Gasteiger partial charge in [0.05, 0.1) is 11.1 Å². The molecule has 4 nitrogen and oxygen atoms in total. The zero-order valence-corrected chi connectivity index (χ0v) is 13.0. The number of carbonyl (C=O) groups is 1. The maximum absolute atomic E-state index is 12.3. The third-order valence-electron chi connectivity index (χ3n) is 2.65. The van der Waals surface area contributed by atoms with E-state index in [0.29, 0.717) is 11.3 Å². The molecule has 0 fully saturated rings. The van der Waals surface area contributed by atoms with Crippen LogP contribution in [-0.4, -0.2) is 10.9 Å². The predicted molar refractivity (Wildman–Crippen MR) is 81.2 cm³/mol. The summed E-state index contributed by atoms with van der Waals surface area (Å²) in [6, 6.07) is 5.21. The minimum atomic E-state index is -0.523. The van der Waals surface area contributed by atoms with Crippen molar-refractivity contribution >= 4 is 38.9 Å². The van der Waals surface area contributed by atoms with E-state index in [1.165, 1.54) is 11.3 Å². The van der Waals surface area contributed by atoms with Crippen molar-refractivity contribution in [3.8, 4) is 0 Å². The summed E-state index contributed by atoms with van der Waals surface area (Å²) in [6.07, 6.45) is 1.72. The lowest BCUT2D eigenvalue weighted by atomic mass is 10.1. The molecule has 0 aliphatic rings. The zero-order chi connectivity index (χ0) is 14.0. The van der Waals surface area contributed by atoms with Crippen LogP contribution < -0.4 is 11.1 Å². The summed E-state index contributed by atoms with van der Waals surface area (Å²) in [6.45, 7) is 3.83. The molecule has 0 saturated heterocycles. The van der Waals surface area contributed by atoms with Crippen LogP contribution in [0.25, 0.3) is 0 Å². The van der Waals surface area contributed by atoms with Crippen molar-refractivity contribution in [3.63, 3.8) is 0 Å². The highest BCUT2D eigenvalue weighted by Gasteiger charge is 2.26. The molecule has 0 bridgehead atoms. The Balaban J connectivity index is 2.21. The summed E-state index contributed by atoms with van der Waals surface area (Å²) >= 11 is 4.83. The van der Waals surface area contributed by atoms with E-state index in [1.54, 1.807) is 24.4 Å². The van der Waals surface area contributed by atoms with Gasteiger partial charge in [-0.3, -0.25) is 4.79 Å². The fourth-order valence-electron chi connectivity index (χ4n) is 1.68. The number of halogens is 1. The molecular weight excluding hydrogens is 326 g/mol. The molecule has 0 radical (unpaired) electrons. The third-order valence-corrected chi connectivity index (χ3v) is 4.24. The van der Waals surface area contributed by atoms with Crippen molar-refractivity contribution in [2.75, 3.05) is 5.73 Å². The fraction of sp³-hybridized carbons (Fsp3) is 0.231. The topological polar surface area (TPSA) is 68.0 Å². The maximum Gasteiger partial charge on any atom is 0.254 e. The molecule has 0 unspecified atom stereocenters. The van der Waals surface area contributed by atoms with E-state index in [9.17, 15) is 4.79 Å². The molecule has 3 N–H and O–H groups in total. The first-order chi connectivity index (χ1) is 8.90. The molecular formula is C13H14BrN3OS. The summed E-state index contributed by atoms with van der Waals surface area (Å²) in [5.74, 6) is -0.204. The van der Waals surface area contributed by atoms with Gasteiger partial charge in [-0.1, -0.05) is 15.9 Å². The number of anilines is 1. The van der Waals surface area contributed by atoms with E-state index in [0.717, 1.165) is 9.48 Å². The van der Waals surface area contributed by atoms with Crippen LogP contribution in [0.5, 0.6) is 0 Å². The lowest BCUT2D eigenvalue weighted by molar-refractivity contribution is 0.0913. The zero-order valence-electron chi connectivity index (χ0n) is 10.6. The molecule has 0 aliphatic heterocycles. The van der Waals surface area contributed by atoms with Gasteiger partial charge in [0.15, 0.2) is 0 Å². The van der Waals surface area contributed by atoms with Gasteiger partial charge in [-0.15, -0.1) is 11.3 Å². The Hall–Kier alpha value is -1.40. The number of amides is 1. The van der Waals surface area contributed by atoms with E-state index in [2.05, 4.69) is 26.2 Å². The van der Waals surface area contributed by atoms with Crippen LogP contribution >= 0.6 is 27.3 Å². The minimum absolute atomic E-state index is 0.204. The molecule has 2 aromatic rings. The van der Waals surface area contributed by atoms with E-state index in [1.807, 2.05) is 19.2 Å². The van der Waals surface area contributed by atoms with Crippen molar-refractivity contribution in [3.05, 3.63) is 44.8 Å². The van der Waals surface area contributed by atoms with Crippen LogP contribution in [-0.2, 0) is 5.54 Å². The van der Waals surface area contributed by atoms with Gasteiger partial charge in [0.25, 0.3) is 5.91 Å². The number of carbonyl (C=O) groups excluding carboxylic acids is 1. The highest BCUT2D eigenvalue weighted by Crippen LogP contribution is 2.24. The number of nitrogens with zero attached hydrogens (tertiary/aromatic N) is 1. The van der Waals surface area contributed by atoms with Gasteiger partial charge in [-0.2, -0.15) is 0 Å². The maximum atomic E-state index is 12.3. The third kappa shape index (κ3) is 3.13. The van der Waals surface area contributed by atoms with Crippen LogP contribution in [0.4, 0.5) is 5.69 Å². The van der Waals surface area contributed by atoms with E-state index in [-0.39, 0.29) is 5.91 Å². The van der Waals surface area contributed by atoms with Crippen molar-refractivity contribution in [1.82, 2.24) is 10.3 Å². The smallest absolute Gasteiger partial charge is 0.254 e. The molecule has 0 atom stereocenters. The summed E-state index contributed by atoms with van der Waals surface area (Å²) in [5.41, 5.74) is 6.24. The number of nitrogens with two attached hydrogens (primary N) is 1. The number of aromatic nitrogens is 1. The summed E-state index contributed by atoms with van der Waals surface area (Å²) in [5, 5.41) is 5.69. The second kappa shape index (κ2) is 5.30. The number of nitrogens with one attached hydrogen (secondary N) is 1. The second-order valence-corrected chi connectivity index (χ2v) is 6.46. The van der Waals surface area contributed by atoms with Crippen LogP contribution in [0.1, 0.15) is 29.2 Å². The summed E-state index contributed by atoms with van der Waals surface area (Å²) in [4.78, 5) is 16.5. The highest BCUT2D eigenvalue weighted by molar-refractivity contribution is 9.10. The molecule has 1 heterocycles. The average Bonchev–Trinajstić information content (AvgIpc) is 2.81. The van der Waals surface area contributed by atoms with Crippen LogP contribution in [0.3, 0.4) is 0 Å². The molecule has 6 heteroatoms. The number of hydrogen-bond donors (Lipinski definition) is 2. The van der Waals surface area contributed by atoms with Crippen molar-refractivity contribution in [1.29, 1.82) is 0 Å². The van der Waals surface area contributed by atoms with Gasteiger partial charge in [-0.25, -0.2) is 4.98 Å². The molecule has 0 aliphatic carbocycles. The second-order valence-electron chi connectivity index (χ2n) is 4.65. The van der Waals surface area contributed by atoms with Crippen molar-refractivity contribution < 1.29 is 4.79 Å². The molecule has 0 saturated carbocycles. The predicted octanol–water partition coefficient (Wildman–Crippen LogP) is 3.15. The Morgan fingerprint density at radius 1 is 1.47 bits per heavy atom. The van der Waals surface area contributed by atoms with Crippen molar-refractivity contribution in [2.24, 2.45) is 0 Å². The molecule has 19 heavy (non-hydrogen) atoms. The largest absolute Gasteiger partial charge is 0.398 e. The first-order valence-corrected chi connectivity index (χ1v) is 7.35. The molecule has 1 aromatic carbocycles. The standard InChI is InChI=1S/C13H14BrN3OS/c1-13(2,12-16-5-6-19-12)17-11(18)9-4-3-8(14)7-10(9)15/h3-7H,15H2,1-2H3,(H,17,18). The molecule has 2 rings (SSSR count). The van der Waals surface area contributed by atoms with Gasteiger partial charge < -0.3 is 11.1 Å². The number of rotatable bonds is 3. The van der Waals surface area contributed by atoms with Gasteiger partial charge in [0, 0.05) is 21.7 Å². The number of thiazole rings is 1. The first-order valence-electron chi connectivity index (χ1n) is 5.67. The first kappa shape index (κ1) is 14.0. The van der Waals surface area contributed by atoms with Crippen LogP contribution in [0.15, 0.2) is 34.2 Å². The number of hydrogen-bond acceptors (Lipinski definition) is 4. The Morgan fingerprint density at radius 2 is 2.21 bits per heavy atom. The Kier molecular flexibility index (Phi) is 3.91. The molecule has 100 valence electrons. The van der Waals surface area contributed by atoms with Gasteiger partial charge in [0.2, 0.25) is 0 Å². The minimum Gasteiger partial charge on any atom is -0.398 e. The molecule has 1 aromatic heterocycles. The van der Waals surface area contributed by atoms with Gasteiger partial charge in [-0.05, 0) is 32.0 Å². The summed E-state index contributed by atoms with van der Waals surface area (Å²) < 4.78 is 0.848. The Morgan fingerprint density at radius 3 is 2.79 bits per heavy atom. The van der Waals surface area contributed by atoms with Crippen LogP contribution in [0.2, 0.25) is 0 Å². The van der Waals surface area contributed by atoms with Crippen molar-refractivity contribution in [2.45, 2.75) is 19.4 Å². The monoisotopic (exact) mass is 339 g/mol.